The van der Waals surface area contributed by atoms with Crippen molar-refractivity contribution in [1.29, 1.82) is 0 Å². The number of sulfone groups is 1. The number of imidazole rings is 1. The minimum absolute atomic E-state index is 0.00586. The smallest absolute Gasteiger partial charge is 0.228 e. The monoisotopic (exact) mass is 410 g/mol. The van der Waals surface area contributed by atoms with E-state index in [0.29, 0.717) is 32.7 Å². The predicted octanol–water partition coefficient (Wildman–Crippen LogP) is 1.12. The summed E-state index contributed by atoms with van der Waals surface area (Å²) < 4.78 is 59.3. The van der Waals surface area contributed by atoms with Crippen LogP contribution in [0.3, 0.4) is 0 Å². The van der Waals surface area contributed by atoms with Crippen LogP contribution in [-0.4, -0.2) is 47.3 Å². The van der Waals surface area contributed by atoms with Crippen molar-refractivity contribution in [3.63, 3.8) is 0 Å². The van der Waals surface area contributed by atoms with Gasteiger partial charge in [0.1, 0.15) is 17.7 Å². The van der Waals surface area contributed by atoms with E-state index in [-0.39, 0.29) is 22.5 Å². The summed E-state index contributed by atoms with van der Waals surface area (Å²) in [4.78, 5) is 6.50. The first-order valence-electron chi connectivity index (χ1n) is 9.21. The number of halogens is 2. The minimum Gasteiger partial charge on any atom is -0.370 e. The first-order valence-corrected chi connectivity index (χ1v) is 10.9. The van der Waals surface area contributed by atoms with E-state index in [2.05, 4.69) is 9.88 Å². The summed E-state index contributed by atoms with van der Waals surface area (Å²) in [5.41, 5.74) is 8.11. The van der Waals surface area contributed by atoms with Crippen molar-refractivity contribution < 1.29 is 21.9 Å². The minimum atomic E-state index is -3.26. The molecule has 0 bridgehead atoms. The molecule has 3 aliphatic heterocycles. The number of rotatable bonds is 2. The molecule has 7 nitrogen and oxygen atoms in total. The van der Waals surface area contributed by atoms with Gasteiger partial charge in [-0.25, -0.2) is 22.2 Å². The fourth-order valence-corrected chi connectivity index (χ4v) is 5.83. The molecule has 0 aliphatic carbocycles. The van der Waals surface area contributed by atoms with Crippen LogP contribution in [0.25, 0.3) is 0 Å². The van der Waals surface area contributed by atoms with Crippen LogP contribution in [0.5, 0.6) is 0 Å². The average molecular weight is 410 g/mol. The summed E-state index contributed by atoms with van der Waals surface area (Å²) in [6.45, 7) is 1.89. The summed E-state index contributed by atoms with van der Waals surface area (Å²) in [5.74, 6) is -0.955. The van der Waals surface area contributed by atoms with Crippen molar-refractivity contribution in [3.05, 3.63) is 46.8 Å². The van der Waals surface area contributed by atoms with E-state index in [9.17, 15) is 17.2 Å². The summed E-state index contributed by atoms with van der Waals surface area (Å²) in [7, 11) is -3.26. The van der Waals surface area contributed by atoms with E-state index in [1.54, 1.807) is 4.57 Å². The van der Waals surface area contributed by atoms with Crippen LogP contribution in [-0.2, 0) is 34.2 Å². The van der Waals surface area contributed by atoms with E-state index in [1.807, 2.05) is 0 Å². The van der Waals surface area contributed by atoms with Gasteiger partial charge in [-0.3, -0.25) is 4.90 Å². The van der Waals surface area contributed by atoms with Crippen molar-refractivity contribution >= 4 is 9.84 Å². The molecule has 0 saturated carbocycles. The number of fused-ring (bicyclic) bond motifs is 3. The number of benzene rings is 1. The molecule has 0 amide bonds. The third-order valence-electron chi connectivity index (χ3n) is 5.87. The zero-order chi connectivity index (χ0) is 19.6. The summed E-state index contributed by atoms with van der Waals surface area (Å²) in [6.07, 6.45) is -0.126. The van der Waals surface area contributed by atoms with E-state index in [1.165, 1.54) is 0 Å². The zero-order valence-corrected chi connectivity index (χ0v) is 15.8. The highest BCUT2D eigenvalue weighted by Gasteiger charge is 2.40. The number of ether oxygens (including phenoxy) is 1. The molecular formula is C18H20F2N4O3S. The van der Waals surface area contributed by atoms with Gasteiger partial charge in [0.2, 0.25) is 15.0 Å². The third-order valence-corrected chi connectivity index (χ3v) is 7.46. The van der Waals surface area contributed by atoms with Gasteiger partial charge in [-0.15, -0.1) is 0 Å². The predicted molar refractivity (Wildman–Crippen MR) is 95.0 cm³/mol. The second kappa shape index (κ2) is 6.31. The Bertz CT molecular complexity index is 1060. The lowest BCUT2D eigenvalue weighted by atomic mass is 9.93. The highest BCUT2D eigenvalue weighted by atomic mass is 32.2. The second-order valence-electron chi connectivity index (χ2n) is 7.64. The second-order valence-corrected chi connectivity index (χ2v) is 9.64. The molecule has 5 rings (SSSR count). The van der Waals surface area contributed by atoms with Crippen molar-refractivity contribution in [2.75, 3.05) is 12.4 Å². The van der Waals surface area contributed by atoms with Crippen LogP contribution in [0, 0.1) is 11.6 Å². The van der Waals surface area contributed by atoms with Crippen molar-refractivity contribution in [3.8, 4) is 0 Å². The van der Waals surface area contributed by atoms with E-state index >= 15 is 0 Å². The Labute approximate surface area is 161 Å². The third kappa shape index (κ3) is 2.78. The number of nitrogens with zero attached hydrogens (tertiary/aromatic N) is 3. The summed E-state index contributed by atoms with van der Waals surface area (Å²) in [6, 6.07) is 2.82. The summed E-state index contributed by atoms with van der Waals surface area (Å²) in [5, 5.41) is 0.176. The van der Waals surface area contributed by atoms with Gasteiger partial charge in [-0.2, -0.15) is 0 Å². The van der Waals surface area contributed by atoms with Crippen molar-refractivity contribution in [1.82, 2.24) is 14.5 Å². The van der Waals surface area contributed by atoms with E-state index < -0.39 is 33.6 Å². The first-order chi connectivity index (χ1) is 13.3. The van der Waals surface area contributed by atoms with Crippen molar-refractivity contribution in [2.24, 2.45) is 5.73 Å². The van der Waals surface area contributed by atoms with E-state index in [4.69, 9.17) is 10.5 Å². The van der Waals surface area contributed by atoms with Gasteiger partial charge in [-0.1, -0.05) is 0 Å². The van der Waals surface area contributed by atoms with Crippen LogP contribution in [0.15, 0.2) is 23.4 Å². The molecule has 1 saturated heterocycles. The Kier molecular flexibility index (Phi) is 4.10. The van der Waals surface area contributed by atoms with Crippen molar-refractivity contribution in [2.45, 2.75) is 49.4 Å². The van der Waals surface area contributed by atoms with Gasteiger partial charge in [0.05, 0.1) is 23.7 Å². The lowest BCUT2D eigenvalue weighted by Crippen LogP contribution is -2.47. The molecule has 28 heavy (non-hydrogen) atoms. The number of aromatic nitrogens is 2. The number of hydrogen-bond donors (Lipinski definition) is 1. The van der Waals surface area contributed by atoms with Crippen LogP contribution in [0.2, 0.25) is 0 Å². The Hall–Kier alpha value is -1.88. The highest BCUT2D eigenvalue weighted by molar-refractivity contribution is 7.91. The molecule has 3 aliphatic rings. The molecule has 150 valence electrons. The zero-order valence-electron chi connectivity index (χ0n) is 15.0. The first kappa shape index (κ1) is 18.2. The lowest BCUT2D eigenvalue weighted by molar-refractivity contribution is -0.0535. The van der Waals surface area contributed by atoms with Gasteiger partial charge < -0.3 is 15.0 Å². The van der Waals surface area contributed by atoms with Crippen LogP contribution < -0.4 is 5.73 Å². The molecule has 2 N–H and O–H groups in total. The lowest BCUT2D eigenvalue weighted by Gasteiger charge is -2.38. The Morgan fingerprint density at radius 3 is 2.86 bits per heavy atom. The average Bonchev–Trinajstić information content (AvgIpc) is 3.28. The SMILES string of the molecule is N[C@H]1C[C@@H](N2Cc3nc4n(c3C2)CCS4(=O)=O)CO[C@@H]1c1cc(F)ccc1F. The molecule has 2 aromatic rings. The molecule has 1 aromatic carbocycles. The van der Waals surface area contributed by atoms with E-state index in [0.717, 1.165) is 29.6 Å². The maximum Gasteiger partial charge on any atom is 0.228 e. The molecular weight excluding hydrogens is 390 g/mol. The van der Waals surface area contributed by atoms with Crippen LogP contribution >= 0.6 is 0 Å². The quantitative estimate of drug-likeness (QED) is 0.798. The molecule has 0 spiro atoms. The molecule has 4 heterocycles. The Morgan fingerprint density at radius 1 is 1.25 bits per heavy atom. The van der Waals surface area contributed by atoms with Gasteiger partial charge in [0.25, 0.3) is 0 Å². The van der Waals surface area contributed by atoms with Crippen LogP contribution in [0.1, 0.15) is 29.5 Å². The Morgan fingerprint density at radius 2 is 2.07 bits per heavy atom. The fraction of sp³-hybridized carbons (Fsp3) is 0.500. The largest absolute Gasteiger partial charge is 0.370 e. The summed E-state index contributed by atoms with van der Waals surface area (Å²) >= 11 is 0. The molecule has 3 atom stereocenters. The van der Waals surface area contributed by atoms with Gasteiger partial charge in [-0.05, 0) is 24.6 Å². The van der Waals surface area contributed by atoms with Gasteiger partial charge in [0, 0.05) is 37.3 Å². The number of nitrogens with two attached hydrogens (primary N) is 1. The molecule has 10 heteroatoms. The fourth-order valence-electron chi connectivity index (χ4n) is 4.44. The maximum atomic E-state index is 14.1. The standard InChI is InChI=1S/C18H20F2N4O3S/c19-10-1-2-13(20)12(5-10)17-14(21)6-11(9-27-17)23-7-15-16(8-23)24-3-4-28(25,26)18(24)22-15/h1-2,5,11,14,17H,3-4,6-9,21H2/t11-,14+,17-/m1/s1. The maximum absolute atomic E-state index is 14.1. The van der Waals surface area contributed by atoms with Gasteiger partial charge in [0.15, 0.2) is 0 Å². The molecule has 0 radical (unpaired) electrons. The van der Waals surface area contributed by atoms with Crippen LogP contribution in [0.4, 0.5) is 8.78 Å². The topological polar surface area (TPSA) is 90.5 Å². The molecule has 1 fully saturated rings. The van der Waals surface area contributed by atoms with Gasteiger partial charge >= 0.3 is 0 Å². The molecule has 1 aromatic heterocycles. The number of hydrogen-bond acceptors (Lipinski definition) is 6. The normalized spacial score (nSPS) is 29.0. The highest BCUT2D eigenvalue weighted by Crippen LogP contribution is 2.35. The Balaban J connectivity index is 1.31. The molecule has 0 unspecified atom stereocenters.